The predicted molar refractivity (Wildman–Crippen MR) is 75.5 cm³/mol. The average Bonchev–Trinajstić information content (AvgIpc) is 2.88. The average molecular weight is 243 g/mol. The number of nitrogens with zero attached hydrogens (tertiary/aromatic N) is 2. The van der Waals surface area contributed by atoms with E-state index in [0.29, 0.717) is 12.1 Å². The summed E-state index contributed by atoms with van der Waals surface area (Å²) in [5, 5.41) is 3.28. The van der Waals surface area contributed by atoms with Gasteiger partial charge in [0.25, 0.3) is 0 Å². The molecule has 0 radical (unpaired) electrons. The van der Waals surface area contributed by atoms with Crippen molar-refractivity contribution in [3.05, 3.63) is 42.7 Å². The maximum absolute atomic E-state index is 4.48. The summed E-state index contributed by atoms with van der Waals surface area (Å²) in [5.41, 5.74) is 1.17. The predicted octanol–water partition coefficient (Wildman–Crippen LogP) is 3.11. The molecule has 0 bridgehead atoms. The van der Waals surface area contributed by atoms with E-state index in [1.165, 1.54) is 5.56 Å². The molecule has 1 heterocycles. The number of hydrogen-bond acceptors (Lipinski definition) is 2. The number of hydrogen-bond donors (Lipinski definition) is 1. The highest BCUT2D eigenvalue weighted by molar-refractivity contribution is 5.55. The lowest BCUT2D eigenvalue weighted by Crippen LogP contribution is -2.24. The maximum Gasteiger partial charge on any atom is 0.140 e. The second-order valence-corrected chi connectivity index (χ2v) is 4.80. The van der Waals surface area contributed by atoms with Gasteiger partial charge in [-0.1, -0.05) is 30.3 Å². The van der Waals surface area contributed by atoms with E-state index in [2.05, 4.69) is 59.2 Å². The molecule has 0 saturated heterocycles. The molecule has 1 N–H and O–H groups in total. The van der Waals surface area contributed by atoms with Gasteiger partial charge >= 0.3 is 0 Å². The Kier molecular flexibility index (Phi) is 4.15. The first kappa shape index (κ1) is 12.8. The van der Waals surface area contributed by atoms with Crippen molar-refractivity contribution in [1.82, 2.24) is 14.9 Å². The number of nitrogens with one attached hydrogen (secondary N) is 1. The highest BCUT2D eigenvalue weighted by Crippen LogP contribution is 2.23. The van der Waals surface area contributed by atoms with Crippen molar-refractivity contribution in [3.8, 4) is 11.4 Å². The molecule has 2 rings (SSSR count). The molecule has 2 atom stereocenters. The molecule has 0 spiro atoms. The van der Waals surface area contributed by atoms with Crippen molar-refractivity contribution < 1.29 is 0 Å². The van der Waals surface area contributed by atoms with Crippen LogP contribution in [0.15, 0.2) is 42.7 Å². The van der Waals surface area contributed by atoms with E-state index in [4.69, 9.17) is 0 Å². The minimum absolute atomic E-state index is 0.435. The van der Waals surface area contributed by atoms with E-state index in [1.807, 2.05) is 19.3 Å². The molecule has 0 aliphatic carbocycles. The van der Waals surface area contributed by atoms with E-state index >= 15 is 0 Å². The Morgan fingerprint density at radius 1 is 1.22 bits per heavy atom. The van der Waals surface area contributed by atoms with E-state index in [9.17, 15) is 0 Å². The van der Waals surface area contributed by atoms with Gasteiger partial charge in [-0.2, -0.15) is 0 Å². The third kappa shape index (κ3) is 2.79. The number of imidazole rings is 1. The third-order valence-electron chi connectivity index (χ3n) is 3.36. The molecule has 3 heteroatoms. The standard InChI is InChI=1S/C15H21N3/c1-12(16-3)11-13(2)18-10-9-17-15(18)14-7-5-4-6-8-14/h4-10,12-13,16H,11H2,1-3H3. The van der Waals surface area contributed by atoms with Crippen LogP contribution in [0.25, 0.3) is 11.4 Å². The smallest absolute Gasteiger partial charge is 0.140 e. The topological polar surface area (TPSA) is 29.9 Å². The Morgan fingerprint density at radius 3 is 2.61 bits per heavy atom. The second-order valence-electron chi connectivity index (χ2n) is 4.80. The highest BCUT2D eigenvalue weighted by Gasteiger charge is 2.13. The summed E-state index contributed by atoms with van der Waals surface area (Å²) in [5.74, 6) is 1.05. The lowest BCUT2D eigenvalue weighted by atomic mass is 10.1. The quantitative estimate of drug-likeness (QED) is 0.874. The van der Waals surface area contributed by atoms with Gasteiger partial charge in [-0.15, -0.1) is 0 Å². The van der Waals surface area contributed by atoms with Crippen LogP contribution < -0.4 is 5.32 Å². The monoisotopic (exact) mass is 243 g/mol. The van der Waals surface area contributed by atoms with Crippen molar-refractivity contribution >= 4 is 0 Å². The highest BCUT2D eigenvalue weighted by atomic mass is 15.1. The largest absolute Gasteiger partial charge is 0.328 e. The Bertz CT molecular complexity index is 475. The zero-order valence-electron chi connectivity index (χ0n) is 11.3. The van der Waals surface area contributed by atoms with Crippen molar-refractivity contribution in [2.24, 2.45) is 0 Å². The fraction of sp³-hybridized carbons (Fsp3) is 0.400. The molecule has 1 aromatic carbocycles. The first-order valence-corrected chi connectivity index (χ1v) is 6.48. The minimum atomic E-state index is 0.435. The number of rotatable bonds is 5. The molecule has 0 saturated carbocycles. The normalized spacial score (nSPS) is 14.4. The molecule has 96 valence electrons. The summed E-state index contributed by atoms with van der Waals surface area (Å²) in [4.78, 5) is 4.48. The van der Waals surface area contributed by atoms with Crippen LogP contribution in [-0.2, 0) is 0 Å². The molecule has 2 unspecified atom stereocenters. The molecular weight excluding hydrogens is 222 g/mol. The molecule has 1 aromatic heterocycles. The van der Waals surface area contributed by atoms with E-state index in [1.54, 1.807) is 0 Å². The summed E-state index contributed by atoms with van der Waals surface area (Å²) in [6.07, 6.45) is 5.03. The molecule has 0 aliphatic rings. The third-order valence-corrected chi connectivity index (χ3v) is 3.36. The van der Waals surface area contributed by atoms with Crippen LogP contribution in [0.1, 0.15) is 26.3 Å². The SMILES string of the molecule is CNC(C)CC(C)n1ccnc1-c1ccccc1. The van der Waals surface area contributed by atoms with Gasteiger partial charge in [0.05, 0.1) is 0 Å². The van der Waals surface area contributed by atoms with Gasteiger partial charge in [0.2, 0.25) is 0 Å². The number of aromatic nitrogens is 2. The Hall–Kier alpha value is -1.61. The molecule has 0 amide bonds. The van der Waals surface area contributed by atoms with Crippen LogP contribution in [0.4, 0.5) is 0 Å². The van der Waals surface area contributed by atoms with Gasteiger partial charge in [0, 0.05) is 30.0 Å². The Morgan fingerprint density at radius 2 is 1.94 bits per heavy atom. The molecule has 0 aliphatic heterocycles. The first-order chi connectivity index (χ1) is 8.72. The van der Waals surface area contributed by atoms with Gasteiger partial charge in [0.15, 0.2) is 0 Å². The zero-order valence-corrected chi connectivity index (χ0v) is 11.3. The molecule has 3 nitrogen and oxygen atoms in total. The van der Waals surface area contributed by atoms with Crippen LogP contribution in [0.3, 0.4) is 0 Å². The van der Waals surface area contributed by atoms with Gasteiger partial charge in [-0.25, -0.2) is 4.98 Å². The fourth-order valence-electron chi connectivity index (χ4n) is 2.22. The van der Waals surface area contributed by atoms with Crippen LogP contribution in [-0.4, -0.2) is 22.6 Å². The van der Waals surface area contributed by atoms with E-state index in [-0.39, 0.29) is 0 Å². The first-order valence-electron chi connectivity index (χ1n) is 6.48. The summed E-state index contributed by atoms with van der Waals surface area (Å²) in [6.45, 7) is 4.44. The lowest BCUT2D eigenvalue weighted by molar-refractivity contribution is 0.434. The Balaban J connectivity index is 2.23. The molecular formula is C15H21N3. The lowest BCUT2D eigenvalue weighted by Gasteiger charge is -2.20. The van der Waals surface area contributed by atoms with Crippen molar-refractivity contribution in [2.75, 3.05) is 7.05 Å². The molecule has 2 aromatic rings. The van der Waals surface area contributed by atoms with E-state index in [0.717, 1.165) is 12.2 Å². The van der Waals surface area contributed by atoms with Crippen LogP contribution in [0.2, 0.25) is 0 Å². The fourth-order valence-corrected chi connectivity index (χ4v) is 2.22. The van der Waals surface area contributed by atoms with Crippen molar-refractivity contribution in [1.29, 1.82) is 0 Å². The van der Waals surface area contributed by atoms with Gasteiger partial charge in [-0.3, -0.25) is 0 Å². The van der Waals surface area contributed by atoms with Gasteiger partial charge < -0.3 is 9.88 Å². The minimum Gasteiger partial charge on any atom is -0.328 e. The summed E-state index contributed by atoms with van der Waals surface area (Å²) in [6, 6.07) is 11.3. The van der Waals surface area contributed by atoms with Crippen molar-refractivity contribution in [2.45, 2.75) is 32.4 Å². The second kappa shape index (κ2) is 5.83. The Labute approximate surface area is 109 Å². The van der Waals surface area contributed by atoms with Gasteiger partial charge in [-0.05, 0) is 27.3 Å². The summed E-state index contributed by atoms with van der Waals surface area (Å²) < 4.78 is 2.25. The number of benzene rings is 1. The van der Waals surface area contributed by atoms with Gasteiger partial charge in [0.1, 0.15) is 5.82 Å². The van der Waals surface area contributed by atoms with E-state index < -0.39 is 0 Å². The molecule has 0 fully saturated rings. The van der Waals surface area contributed by atoms with Crippen LogP contribution in [0.5, 0.6) is 0 Å². The zero-order chi connectivity index (χ0) is 13.0. The van der Waals surface area contributed by atoms with Crippen molar-refractivity contribution in [3.63, 3.8) is 0 Å². The summed E-state index contributed by atoms with van der Waals surface area (Å²) in [7, 11) is 2.00. The molecule has 18 heavy (non-hydrogen) atoms. The summed E-state index contributed by atoms with van der Waals surface area (Å²) >= 11 is 0. The van der Waals surface area contributed by atoms with Crippen LogP contribution >= 0.6 is 0 Å². The maximum atomic E-state index is 4.48. The van der Waals surface area contributed by atoms with Crippen LogP contribution in [0, 0.1) is 0 Å².